The van der Waals surface area contributed by atoms with Gasteiger partial charge >= 0.3 is 5.97 Å². The van der Waals surface area contributed by atoms with Crippen LogP contribution in [0.2, 0.25) is 0 Å². The van der Waals surface area contributed by atoms with Gasteiger partial charge in [-0.1, -0.05) is 26.0 Å². The quantitative estimate of drug-likeness (QED) is 0.660. The lowest BCUT2D eigenvalue weighted by molar-refractivity contribution is -0.145. The van der Waals surface area contributed by atoms with E-state index in [0.29, 0.717) is 22.8 Å². The highest BCUT2D eigenvalue weighted by Gasteiger charge is 2.43. The van der Waals surface area contributed by atoms with Crippen molar-refractivity contribution in [1.29, 1.82) is 0 Å². The second kappa shape index (κ2) is 7.63. The van der Waals surface area contributed by atoms with Gasteiger partial charge in [0.2, 0.25) is 5.76 Å². The van der Waals surface area contributed by atoms with Crippen LogP contribution in [0.1, 0.15) is 51.3 Å². The van der Waals surface area contributed by atoms with E-state index in [0.717, 1.165) is 18.4 Å². The van der Waals surface area contributed by atoms with Crippen LogP contribution in [0, 0.1) is 0 Å². The minimum Gasteiger partial charge on any atom is -0.449 e. The van der Waals surface area contributed by atoms with Crippen molar-refractivity contribution in [3.8, 4) is 5.75 Å². The molecule has 2 aromatic rings. The second-order valence-corrected chi connectivity index (χ2v) is 9.75. The summed E-state index contributed by atoms with van der Waals surface area (Å²) in [5.74, 6) is 0.290. The summed E-state index contributed by atoms with van der Waals surface area (Å²) in [5.41, 5.74) is 1.27. The molecule has 1 unspecified atom stereocenters. The Morgan fingerprint density at radius 3 is 2.31 bits per heavy atom. The maximum Gasteiger partial charge on any atom is 0.375 e. The van der Waals surface area contributed by atoms with E-state index in [-0.39, 0.29) is 10.7 Å². The molecule has 0 fully saturated rings. The zero-order valence-corrected chi connectivity index (χ0v) is 18.0. The molecule has 2 heterocycles. The highest BCUT2D eigenvalue weighted by molar-refractivity contribution is 7.90. The number of nitrogens with zero attached hydrogens (tertiary/aromatic N) is 1. The van der Waals surface area contributed by atoms with Gasteiger partial charge in [-0.3, -0.25) is 4.98 Å². The van der Waals surface area contributed by atoms with E-state index < -0.39 is 21.4 Å². The van der Waals surface area contributed by atoms with Crippen molar-refractivity contribution < 1.29 is 22.7 Å². The maximum absolute atomic E-state index is 12.5. The number of hydrogen-bond donors (Lipinski definition) is 0. The van der Waals surface area contributed by atoms with Gasteiger partial charge in [-0.05, 0) is 56.0 Å². The summed E-state index contributed by atoms with van der Waals surface area (Å²) in [6.07, 6.45) is 3.72. The van der Waals surface area contributed by atoms with Gasteiger partial charge in [0, 0.05) is 11.9 Å². The minimum absolute atomic E-state index is 0.0835. The van der Waals surface area contributed by atoms with Crippen molar-refractivity contribution in [2.24, 2.45) is 0 Å². The molecule has 6 nitrogen and oxygen atoms in total. The van der Waals surface area contributed by atoms with Crippen molar-refractivity contribution in [1.82, 2.24) is 4.98 Å². The summed E-state index contributed by atoms with van der Waals surface area (Å²) in [6.45, 7) is 7.73. The van der Waals surface area contributed by atoms with E-state index in [1.807, 2.05) is 6.07 Å². The van der Waals surface area contributed by atoms with Gasteiger partial charge in [-0.15, -0.1) is 0 Å². The standard InChI is InChI=1S/C22H25NO5S/c1-6-14(2)18-12-9-16(13-23-18)27-20-19(22(3,4)28-21(20)24)15-7-10-17(11-8-15)29(5,25)26/h7-14H,6H2,1-5H3. The van der Waals surface area contributed by atoms with Crippen molar-refractivity contribution in [3.63, 3.8) is 0 Å². The van der Waals surface area contributed by atoms with Crippen LogP contribution in [0.5, 0.6) is 5.75 Å². The molecule has 1 aromatic heterocycles. The molecule has 29 heavy (non-hydrogen) atoms. The summed E-state index contributed by atoms with van der Waals surface area (Å²) < 4.78 is 34.8. The van der Waals surface area contributed by atoms with E-state index in [9.17, 15) is 13.2 Å². The number of hydrogen-bond acceptors (Lipinski definition) is 6. The zero-order valence-electron chi connectivity index (χ0n) is 17.2. The summed E-state index contributed by atoms with van der Waals surface area (Å²) in [4.78, 5) is 17.1. The Morgan fingerprint density at radius 1 is 1.14 bits per heavy atom. The molecule has 0 radical (unpaired) electrons. The topological polar surface area (TPSA) is 82.6 Å². The summed E-state index contributed by atoms with van der Waals surface area (Å²) >= 11 is 0. The van der Waals surface area contributed by atoms with Crippen LogP contribution >= 0.6 is 0 Å². The van der Waals surface area contributed by atoms with Crippen molar-refractivity contribution in [2.45, 2.75) is 50.5 Å². The lowest BCUT2D eigenvalue weighted by Gasteiger charge is -2.21. The van der Waals surface area contributed by atoms with E-state index in [1.165, 1.54) is 12.1 Å². The Labute approximate surface area is 171 Å². The van der Waals surface area contributed by atoms with Gasteiger partial charge in [-0.25, -0.2) is 13.2 Å². The van der Waals surface area contributed by atoms with Crippen LogP contribution < -0.4 is 4.74 Å². The maximum atomic E-state index is 12.5. The van der Waals surface area contributed by atoms with E-state index >= 15 is 0 Å². The molecule has 0 spiro atoms. The second-order valence-electron chi connectivity index (χ2n) is 7.73. The molecular formula is C22H25NO5S. The third-order valence-electron chi connectivity index (χ3n) is 5.03. The van der Waals surface area contributed by atoms with E-state index in [4.69, 9.17) is 9.47 Å². The van der Waals surface area contributed by atoms with Gasteiger partial charge in [-0.2, -0.15) is 0 Å². The number of carbonyl (C=O) groups excluding carboxylic acids is 1. The first-order chi connectivity index (χ1) is 13.5. The summed E-state index contributed by atoms with van der Waals surface area (Å²) in [6, 6.07) is 10.00. The molecule has 0 aliphatic carbocycles. The minimum atomic E-state index is -3.31. The number of rotatable bonds is 6. The van der Waals surface area contributed by atoms with Crippen LogP contribution in [0.25, 0.3) is 5.57 Å². The fraction of sp³-hybridized carbons (Fsp3) is 0.364. The molecule has 1 atom stereocenters. The first kappa shape index (κ1) is 21.0. The Kier molecular flexibility index (Phi) is 5.54. The van der Waals surface area contributed by atoms with Crippen molar-refractivity contribution >= 4 is 21.4 Å². The predicted molar refractivity (Wildman–Crippen MR) is 110 cm³/mol. The van der Waals surface area contributed by atoms with Crippen molar-refractivity contribution in [2.75, 3.05) is 6.26 Å². The van der Waals surface area contributed by atoms with Gasteiger partial charge in [0.05, 0.1) is 16.7 Å². The number of esters is 1. The lowest BCUT2D eigenvalue weighted by atomic mass is 9.92. The monoisotopic (exact) mass is 415 g/mol. The Balaban J connectivity index is 2.00. The number of benzene rings is 1. The van der Waals surface area contributed by atoms with Crippen LogP contribution in [-0.4, -0.2) is 31.2 Å². The summed E-state index contributed by atoms with van der Waals surface area (Å²) in [5, 5.41) is 0. The number of ether oxygens (including phenoxy) is 2. The van der Waals surface area contributed by atoms with Crippen LogP contribution in [0.4, 0.5) is 0 Å². The number of pyridine rings is 1. The Bertz CT molecular complexity index is 1050. The number of sulfone groups is 1. The highest BCUT2D eigenvalue weighted by Crippen LogP contribution is 2.40. The van der Waals surface area contributed by atoms with Crippen LogP contribution in [0.3, 0.4) is 0 Å². The lowest BCUT2D eigenvalue weighted by Crippen LogP contribution is -2.22. The average molecular weight is 416 g/mol. The molecule has 3 rings (SSSR count). The molecule has 1 aliphatic rings. The summed E-state index contributed by atoms with van der Waals surface area (Å²) in [7, 11) is -3.31. The fourth-order valence-corrected chi connectivity index (χ4v) is 3.85. The molecule has 0 saturated heterocycles. The van der Waals surface area contributed by atoms with Gasteiger partial charge in [0.15, 0.2) is 9.84 Å². The Hall–Kier alpha value is -2.67. The molecule has 1 aliphatic heterocycles. The molecule has 1 aromatic carbocycles. The van der Waals surface area contributed by atoms with E-state index in [1.54, 1.807) is 38.2 Å². The first-order valence-corrected chi connectivity index (χ1v) is 11.3. The highest BCUT2D eigenvalue weighted by atomic mass is 32.2. The first-order valence-electron chi connectivity index (χ1n) is 9.45. The normalized spacial score (nSPS) is 17.2. The molecule has 154 valence electrons. The third-order valence-corrected chi connectivity index (χ3v) is 6.16. The largest absolute Gasteiger partial charge is 0.449 e. The average Bonchev–Trinajstić information content (AvgIpc) is 2.89. The van der Waals surface area contributed by atoms with Crippen LogP contribution in [0.15, 0.2) is 53.2 Å². The smallest absolute Gasteiger partial charge is 0.375 e. The van der Waals surface area contributed by atoms with Gasteiger partial charge in [0.25, 0.3) is 0 Å². The third kappa shape index (κ3) is 4.34. The SMILES string of the molecule is CCC(C)c1ccc(OC2=C(c3ccc(S(C)(=O)=O)cc3)C(C)(C)OC2=O)cn1. The van der Waals surface area contributed by atoms with Gasteiger partial charge < -0.3 is 9.47 Å². The zero-order chi connectivity index (χ0) is 21.4. The molecule has 0 bridgehead atoms. The number of carbonyl (C=O) groups is 1. The molecule has 0 saturated carbocycles. The van der Waals surface area contributed by atoms with Crippen LogP contribution in [-0.2, 0) is 19.4 Å². The van der Waals surface area contributed by atoms with Gasteiger partial charge in [0.1, 0.15) is 11.4 Å². The molecular weight excluding hydrogens is 390 g/mol. The molecule has 7 heteroatoms. The van der Waals surface area contributed by atoms with E-state index in [2.05, 4.69) is 18.8 Å². The number of cyclic esters (lactones) is 1. The fourth-order valence-electron chi connectivity index (χ4n) is 3.22. The molecule has 0 N–H and O–H groups in total. The number of aromatic nitrogens is 1. The predicted octanol–water partition coefficient (Wildman–Crippen LogP) is 4.12. The Morgan fingerprint density at radius 2 is 1.79 bits per heavy atom. The molecule has 0 amide bonds. The van der Waals surface area contributed by atoms with Crippen molar-refractivity contribution in [3.05, 3.63) is 59.6 Å².